The van der Waals surface area contributed by atoms with Crippen molar-refractivity contribution in [3.63, 3.8) is 0 Å². The Morgan fingerprint density at radius 1 is 1.62 bits per heavy atom. The fourth-order valence-corrected chi connectivity index (χ4v) is 4.92. The third-order valence-corrected chi connectivity index (χ3v) is 6.44. The number of nitro groups is 1. The second kappa shape index (κ2) is 5.94. The van der Waals surface area contributed by atoms with Crippen molar-refractivity contribution in [2.75, 3.05) is 12.0 Å². The zero-order valence-electron chi connectivity index (χ0n) is 10.9. The molecule has 11 heteroatoms. The van der Waals surface area contributed by atoms with Gasteiger partial charge in [0.05, 0.1) is 11.0 Å². The van der Waals surface area contributed by atoms with Gasteiger partial charge in [0.2, 0.25) is 0 Å². The number of hydrogen-bond donors (Lipinski definition) is 2. The number of nitrogens with one attached hydrogen (secondary N) is 1. The summed E-state index contributed by atoms with van der Waals surface area (Å²) < 4.78 is 26.2. The molecule has 0 radical (unpaired) electrons. The summed E-state index contributed by atoms with van der Waals surface area (Å²) in [6.45, 7) is 0.0839. The quantitative estimate of drug-likeness (QED) is 0.431. The molecular formula is C10H13N5O4S2. The van der Waals surface area contributed by atoms with Crippen LogP contribution in [0.2, 0.25) is 0 Å². The van der Waals surface area contributed by atoms with Gasteiger partial charge in [-0.15, -0.1) is 0 Å². The Labute approximate surface area is 125 Å². The number of nitrogen functional groups attached to an aromatic ring is 1. The minimum atomic E-state index is -3.85. The van der Waals surface area contributed by atoms with Crippen molar-refractivity contribution in [2.45, 2.75) is 29.5 Å². The number of thiophene rings is 1. The van der Waals surface area contributed by atoms with E-state index in [9.17, 15) is 18.5 Å². The SMILES string of the molecule is N#CCCN(C1CC1)S(=O)(=O)c1cc([N+](=O)[O-])c(NN)s1. The smallest absolute Gasteiger partial charge is 0.306 e. The van der Waals surface area contributed by atoms with Crippen molar-refractivity contribution >= 4 is 32.0 Å². The molecule has 1 saturated carbocycles. The lowest BCUT2D eigenvalue weighted by Gasteiger charge is -2.19. The first-order valence-electron chi connectivity index (χ1n) is 6.05. The predicted octanol–water partition coefficient (Wildman–Crippen LogP) is 1.01. The van der Waals surface area contributed by atoms with E-state index in [4.69, 9.17) is 11.1 Å². The van der Waals surface area contributed by atoms with Crippen LogP contribution in [0.3, 0.4) is 0 Å². The number of sulfonamides is 1. The Morgan fingerprint density at radius 3 is 2.71 bits per heavy atom. The second-order valence-corrected chi connectivity index (χ2v) is 7.61. The van der Waals surface area contributed by atoms with Crippen LogP contribution in [0.1, 0.15) is 19.3 Å². The Kier molecular flexibility index (Phi) is 4.43. The van der Waals surface area contributed by atoms with Gasteiger partial charge in [-0.2, -0.15) is 9.57 Å². The molecule has 0 atom stereocenters. The van der Waals surface area contributed by atoms with Gasteiger partial charge in [0.25, 0.3) is 10.0 Å². The molecule has 9 nitrogen and oxygen atoms in total. The number of nitrogens with two attached hydrogens (primary N) is 1. The maximum atomic E-state index is 12.6. The normalized spacial score (nSPS) is 14.9. The molecule has 3 N–H and O–H groups in total. The third kappa shape index (κ3) is 3.13. The Bertz CT molecular complexity index is 689. The van der Waals surface area contributed by atoms with Gasteiger partial charge >= 0.3 is 5.69 Å². The van der Waals surface area contributed by atoms with E-state index >= 15 is 0 Å². The standard InChI is InChI=1S/C10H13N5O4S2/c11-4-1-5-14(7-2-3-7)21(18,19)9-6-8(15(16)17)10(13-12)20-9/h6-7,13H,1-3,5,12H2. The number of hydrazine groups is 1. The topological polar surface area (TPSA) is 142 Å². The number of anilines is 1. The van der Waals surface area contributed by atoms with Crippen LogP contribution >= 0.6 is 11.3 Å². The van der Waals surface area contributed by atoms with Crippen molar-refractivity contribution in [1.29, 1.82) is 5.26 Å². The zero-order chi connectivity index (χ0) is 15.6. The van der Waals surface area contributed by atoms with Crippen LogP contribution < -0.4 is 11.3 Å². The van der Waals surface area contributed by atoms with Crippen molar-refractivity contribution < 1.29 is 13.3 Å². The highest BCUT2D eigenvalue weighted by molar-refractivity contribution is 7.91. The highest BCUT2D eigenvalue weighted by Gasteiger charge is 2.39. The zero-order valence-corrected chi connectivity index (χ0v) is 12.5. The fourth-order valence-electron chi connectivity index (χ4n) is 1.86. The molecule has 0 saturated heterocycles. The summed E-state index contributed by atoms with van der Waals surface area (Å²) in [5.74, 6) is 5.18. The molecule has 1 heterocycles. The lowest BCUT2D eigenvalue weighted by Crippen LogP contribution is -2.33. The van der Waals surface area contributed by atoms with E-state index < -0.39 is 14.9 Å². The summed E-state index contributed by atoms with van der Waals surface area (Å²) in [7, 11) is -3.85. The van der Waals surface area contributed by atoms with E-state index in [0.29, 0.717) is 11.3 Å². The van der Waals surface area contributed by atoms with Gasteiger partial charge in [-0.1, -0.05) is 11.3 Å². The minimum Gasteiger partial charge on any atom is -0.310 e. The minimum absolute atomic E-state index is 0.0189. The van der Waals surface area contributed by atoms with Crippen molar-refractivity contribution in [3.8, 4) is 6.07 Å². The van der Waals surface area contributed by atoms with Gasteiger partial charge in [-0.3, -0.25) is 10.1 Å². The van der Waals surface area contributed by atoms with E-state index in [1.807, 2.05) is 6.07 Å². The molecular weight excluding hydrogens is 318 g/mol. The number of nitriles is 1. The average Bonchev–Trinajstić information content (AvgIpc) is 3.15. The summed E-state index contributed by atoms with van der Waals surface area (Å²) in [5.41, 5.74) is 1.76. The van der Waals surface area contributed by atoms with Crippen molar-refractivity contribution in [3.05, 3.63) is 16.2 Å². The van der Waals surface area contributed by atoms with Gasteiger partial charge in [-0.25, -0.2) is 14.3 Å². The monoisotopic (exact) mass is 331 g/mol. The number of nitrogens with zero attached hydrogens (tertiary/aromatic N) is 3. The van der Waals surface area contributed by atoms with Gasteiger partial charge in [0, 0.05) is 25.1 Å². The van der Waals surface area contributed by atoms with Crippen LogP contribution in [0.5, 0.6) is 0 Å². The van der Waals surface area contributed by atoms with Crippen LogP contribution in [-0.4, -0.2) is 30.2 Å². The maximum Gasteiger partial charge on any atom is 0.306 e. The molecule has 0 spiro atoms. The summed E-state index contributed by atoms with van der Waals surface area (Å²) in [4.78, 5) is 10.2. The predicted molar refractivity (Wildman–Crippen MR) is 75.9 cm³/mol. The summed E-state index contributed by atoms with van der Waals surface area (Å²) in [6.07, 6.45) is 1.55. The number of hydrogen-bond acceptors (Lipinski definition) is 8. The van der Waals surface area contributed by atoms with E-state index in [2.05, 4.69) is 5.43 Å². The Morgan fingerprint density at radius 2 is 2.29 bits per heavy atom. The van der Waals surface area contributed by atoms with Crippen LogP contribution in [0.15, 0.2) is 10.3 Å². The van der Waals surface area contributed by atoms with Crippen LogP contribution in [0.4, 0.5) is 10.7 Å². The van der Waals surface area contributed by atoms with E-state index in [-0.39, 0.29) is 33.9 Å². The molecule has 1 aliphatic rings. The highest BCUT2D eigenvalue weighted by atomic mass is 32.2. The molecule has 1 aromatic heterocycles. The van der Waals surface area contributed by atoms with Gasteiger partial charge in [0.15, 0.2) is 5.00 Å². The molecule has 2 rings (SSSR count). The average molecular weight is 331 g/mol. The molecule has 1 aromatic rings. The molecule has 1 fully saturated rings. The highest BCUT2D eigenvalue weighted by Crippen LogP contribution is 2.40. The Balaban J connectivity index is 2.38. The first-order valence-corrected chi connectivity index (χ1v) is 8.31. The molecule has 0 aliphatic heterocycles. The lowest BCUT2D eigenvalue weighted by atomic mass is 10.4. The molecule has 21 heavy (non-hydrogen) atoms. The maximum absolute atomic E-state index is 12.6. The molecule has 0 aromatic carbocycles. The number of rotatable bonds is 7. The van der Waals surface area contributed by atoms with Gasteiger partial charge in [0.1, 0.15) is 4.21 Å². The summed E-state index contributed by atoms with van der Waals surface area (Å²) in [6, 6.07) is 2.78. The molecule has 0 bridgehead atoms. The fraction of sp³-hybridized carbons (Fsp3) is 0.500. The van der Waals surface area contributed by atoms with E-state index in [1.165, 1.54) is 4.31 Å². The summed E-state index contributed by atoms with van der Waals surface area (Å²) >= 11 is 0.711. The molecule has 0 amide bonds. The van der Waals surface area contributed by atoms with Crippen LogP contribution in [0, 0.1) is 21.4 Å². The van der Waals surface area contributed by atoms with Gasteiger partial charge in [-0.05, 0) is 12.8 Å². The second-order valence-electron chi connectivity index (χ2n) is 4.44. The van der Waals surface area contributed by atoms with Crippen molar-refractivity contribution in [2.24, 2.45) is 5.84 Å². The molecule has 0 unspecified atom stereocenters. The van der Waals surface area contributed by atoms with Gasteiger partial charge < -0.3 is 5.43 Å². The van der Waals surface area contributed by atoms with E-state index in [1.54, 1.807) is 0 Å². The van der Waals surface area contributed by atoms with Crippen molar-refractivity contribution in [1.82, 2.24) is 4.31 Å². The van der Waals surface area contributed by atoms with Crippen LogP contribution in [-0.2, 0) is 10.0 Å². The first-order chi connectivity index (χ1) is 9.91. The first kappa shape index (κ1) is 15.6. The van der Waals surface area contributed by atoms with E-state index in [0.717, 1.165) is 18.9 Å². The summed E-state index contributed by atoms with van der Waals surface area (Å²) in [5, 5.41) is 19.5. The Hall–Kier alpha value is -1.74. The lowest BCUT2D eigenvalue weighted by molar-refractivity contribution is -0.383. The molecule has 114 valence electrons. The third-order valence-electron chi connectivity index (χ3n) is 2.98. The van der Waals surface area contributed by atoms with Crippen LogP contribution in [0.25, 0.3) is 0 Å². The largest absolute Gasteiger partial charge is 0.310 e. The molecule has 1 aliphatic carbocycles.